The molecule has 1 rings (SSSR count). The number of carbonyl (C=O) groups excluding carboxylic acids is 1. The van der Waals surface area contributed by atoms with E-state index in [0.717, 1.165) is 32.8 Å². The zero-order valence-corrected chi connectivity index (χ0v) is 10.2. The summed E-state index contributed by atoms with van der Waals surface area (Å²) in [7, 11) is 0. The Morgan fingerprint density at radius 2 is 2.06 bits per heavy atom. The molecule has 2 unspecified atom stereocenters. The van der Waals surface area contributed by atoms with Gasteiger partial charge in [0.25, 0.3) is 0 Å². The van der Waals surface area contributed by atoms with Gasteiger partial charge in [-0.25, -0.2) is 0 Å². The van der Waals surface area contributed by atoms with E-state index in [2.05, 4.69) is 10.2 Å². The van der Waals surface area contributed by atoms with E-state index >= 15 is 0 Å². The number of nitrogens with zero attached hydrogens (tertiary/aromatic N) is 1. The van der Waals surface area contributed by atoms with Crippen LogP contribution in [0.15, 0.2) is 0 Å². The van der Waals surface area contributed by atoms with Gasteiger partial charge in [0.1, 0.15) is 0 Å². The molecule has 16 heavy (non-hydrogen) atoms. The van der Waals surface area contributed by atoms with Crippen LogP contribution in [0.1, 0.15) is 13.8 Å². The molecule has 5 nitrogen and oxygen atoms in total. The van der Waals surface area contributed by atoms with Gasteiger partial charge in [0.15, 0.2) is 0 Å². The Balaban J connectivity index is 2.23. The van der Waals surface area contributed by atoms with E-state index in [1.54, 1.807) is 0 Å². The lowest BCUT2D eigenvalue weighted by molar-refractivity contribution is -0.125. The Labute approximate surface area is 97.3 Å². The Bertz CT molecular complexity index is 217. The van der Waals surface area contributed by atoms with Gasteiger partial charge in [-0.05, 0) is 6.92 Å². The minimum absolute atomic E-state index is 0.0447. The summed E-state index contributed by atoms with van der Waals surface area (Å²) in [6, 6.07) is 0.166. The molecule has 1 amide bonds. The Morgan fingerprint density at radius 3 is 2.62 bits per heavy atom. The fourth-order valence-corrected chi connectivity index (χ4v) is 1.71. The van der Waals surface area contributed by atoms with Crippen LogP contribution in [0.2, 0.25) is 0 Å². The SMILES string of the molecule is CC(CN1CCOCC1)NC(=O)C(C)CN. The summed E-state index contributed by atoms with van der Waals surface area (Å²) in [6.07, 6.45) is 0. The summed E-state index contributed by atoms with van der Waals surface area (Å²) in [5, 5.41) is 2.98. The molecular formula is C11H23N3O2. The van der Waals surface area contributed by atoms with Gasteiger partial charge in [-0.1, -0.05) is 6.92 Å². The van der Waals surface area contributed by atoms with Crippen LogP contribution >= 0.6 is 0 Å². The lowest BCUT2D eigenvalue weighted by atomic mass is 10.1. The van der Waals surface area contributed by atoms with E-state index in [1.165, 1.54) is 0 Å². The molecule has 3 N–H and O–H groups in total. The third-order valence-electron chi connectivity index (χ3n) is 2.83. The molecule has 2 atom stereocenters. The fraction of sp³-hybridized carbons (Fsp3) is 0.909. The summed E-state index contributed by atoms with van der Waals surface area (Å²) in [4.78, 5) is 13.9. The maximum Gasteiger partial charge on any atom is 0.224 e. The van der Waals surface area contributed by atoms with Gasteiger partial charge in [0.05, 0.1) is 13.2 Å². The first-order valence-corrected chi connectivity index (χ1v) is 5.94. The van der Waals surface area contributed by atoms with Crippen molar-refractivity contribution in [2.45, 2.75) is 19.9 Å². The number of hydrogen-bond acceptors (Lipinski definition) is 4. The van der Waals surface area contributed by atoms with Crippen LogP contribution < -0.4 is 11.1 Å². The van der Waals surface area contributed by atoms with Crippen LogP contribution in [0, 0.1) is 5.92 Å². The molecule has 1 aliphatic heterocycles. The van der Waals surface area contributed by atoms with Crippen LogP contribution in [0.25, 0.3) is 0 Å². The van der Waals surface area contributed by atoms with Gasteiger partial charge in [-0.15, -0.1) is 0 Å². The van der Waals surface area contributed by atoms with Crippen LogP contribution in [-0.4, -0.2) is 56.2 Å². The number of morpholine rings is 1. The zero-order chi connectivity index (χ0) is 12.0. The summed E-state index contributed by atoms with van der Waals surface area (Å²) in [6.45, 7) is 8.63. The van der Waals surface area contributed by atoms with Gasteiger partial charge in [-0.3, -0.25) is 9.69 Å². The standard InChI is InChI=1S/C11H23N3O2/c1-9(7-12)11(15)13-10(2)8-14-3-5-16-6-4-14/h9-10H,3-8,12H2,1-2H3,(H,13,15). The van der Waals surface area contributed by atoms with Crippen LogP contribution in [0.3, 0.4) is 0 Å². The molecule has 0 bridgehead atoms. The van der Waals surface area contributed by atoms with E-state index in [-0.39, 0.29) is 17.9 Å². The normalized spacial score (nSPS) is 21.4. The van der Waals surface area contributed by atoms with Crippen molar-refractivity contribution < 1.29 is 9.53 Å². The van der Waals surface area contributed by atoms with Gasteiger partial charge >= 0.3 is 0 Å². The fourth-order valence-electron chi connectivity index (χ4n) is 1.71. The summed E-state index contributed by atoms with van der Waals surface area (Å²) >= 11 is 0. The predicted molar refractivity (Wildman–Crippen MR) is 63.1 cm³/mol. The minimum Gasteiger partial charge on any atom is -0.379 e. The van der Waals surface area contributed by atoms with Gasteiger partial charge < -0.3 is 15.8 Å². The van der Waals surface area contributed by atoms with Crippen molar-refractivity contribution in [2.75, 3.05) is 39.4 Å². The molecule has 5 heteroatoms. The van der Waals surface area contributed by atoms with Crippen LogP contribution in [-0.2, 0) is 9.53 Å². The first-order valence-electron chi connectivity index (χ1n) is 5.94. The Hall–Kier alpha value is -0.650. The molecule has 1 saturated heterocycles. The lowest BCUT2D eigenvalue weighted by Gasteiger charge is -2.29. The quantitative estimate of drug-likeness (QED) is 0.662. The van der Waals surface area contributed by atoms with Crippen molar-refractivity contribution in [2.24, 2.45) is 11.7 Å². The average molecular weight is 229 g/mol. The van der Waals surface area contributed by atoms with E-state index in [9.17, 15) is 4.79 Å². The lowest BCUT2D eigenvalue weighted by Crippen LogP contribution is -2.47. The molecule has 0 radical (unpaired) electrons. The van der Waals surface area contributed by atoms with E-state index in [0.29, 0.717) is 6.54 Å². The highest BCUT2D eigenvalue weighted by Crippen LogP contribution is 1.99. The monoisotopic (exact) mass is 229 g/mol. The molecule has 0 spiro atoms. The number of amides is 1. The van der Waals surface area contributed by atoms with Crippen molar-refractivity contribution in [3.63, 3.8) is 0 Å². The second-order valence-corrected chi connectivity index (χ2v) is 4.46. The number of rotatable bonds is 5. The maximum absolute atomic E-state index is 11.6. The van der Waals surface area contributed by atoms with Gasteiger partial charge in [0.2, 0.25) is 5.91 Å². The van der Waals surface area contributed by atoms with Crippen LogP contribution in [0.5, 0.6) is 0 Å². The van der Waals surface area contributed by atoms with Gasteiger partial charge in [0, 0.05) is 38.1 Å². The van der Waals surface area contributed by atoms with Crippen molar-refractivity contribution in [3.05, 3.63) is 0 Å². The number of nitrogens with two attached hydrogens (primary N) is 1. The van der Waals surface area contributed by atoms with Crippen LogP contribution in [0.4, 0.5) is 0 Å². The number of hydrogen-bond donors (Lipinski definition) is 2. The Morgan fingerprint density at radius 1 is 1.44 bits per heavy atom. The first kappa shape index (κ1) is 13.4. The molecule has 0 aromatic heterocycles. The Kier molecular flexibility index (Phi) is 5.73. The third-order valence-corrected chi connectivity index (χ3v) is 2.83. The summed E-state index contributed by atoms with van der Waals surface area (Å²) in [5.74, 6) is -0.0598. The molecule has 0 aromatic rings. The highest BCUT2D eigenvalue weighted by Gasteiger charge is 2.17. The maximum atomic E-state index is 11.6. The van der Waals surface area contributed by atoms with E-state index < -0.39 is 0 Å². The highest BCUT2D eigenvalue weighted by molar-refractivity contribution is 5.78. The largest absolute Gasteiger partial charge is 0.379 e. The smallest absolute Gasteiger partial charge is 0.224 e. The topological polar surface area (TPSA) is 67.6 Å². The molecule has 1 fully saturated rings. The number of ether oxygens (including phenoxy) is 1. The number of carbonyl (C=O) groups is 1. The first-order chi connectivity index (χ1) is 7.63. The molecule has 0 aromatic carbocycles. The summed E-state index contributed by atoms with van der Waals surface area (Å²) < 4.78 is 5.27. The molecule has 0 aliphatic carbocycles. The minimum atomic E-state index is -0.105. The van der Waals surface area contributed by atoms with Gasteiger partial charge in [-0.2, -0.15) is 0 Å². The highest BCUT2D eigenvalue weighted by atomic mass is 16.5. The number of nitrogens with one attached hydrogen (secondary N) is 1. The second kappa shape index (κ2) is 6.83. The van der Waals surface area contributed by atoms with Crippen molar-refractivity contribution in [1.29, 1.82) is 0 Å². The summed E-state index contributed by atoms with van der Waals surface area (Å²) in [5.41, 5.74) is 5.45. The molecular weight excluding hydrogens is 206 g/mol. The van der Waals surface area contributed by atoms with Crippen molar-refractivity contribution in [1.82, 2.24) is 10.2 Å². The molecule has 94 valence electrons. The van der Waals surface area contributed by atoms with E-state index in [1.807, 2.05) is 13.8 Å². The molecule has 0 saturated carbocycles. The molecule has 1 heterocycles. The predicted octanol–water partition coefficient (Wildman–Crippen LogP) is -0.582. The van der Waals surface area contributed by atoms with Crippen molar-refractivity contribution in [3.8, 4) is 0 Å². The third kappa shape index (κ3) is 4.47. The average Bonchev–Trinajstić information content (AvgIpc) is 2.29. The second-order valence-electron chi connectivity index (χ2n) is 4.46. The zero-order valence-electron chi connectivity index (χ0n) is 10.2. The van der Waals surface area contributed by atoms with E-state index in [4.69, 9.17) is 10.5 Å². The molecule has 1 aliphatic rings. The van der Waals surface area contributed by atoms with Crippen molar-refractivity contribution >= 4 is 5.91 Å².